The maximum Gasteiger partial charge on any atom is 0.416 e. The second-order valence-electron chi connectivity index (χ2n) is 5.97. The molecule has 3 rings (SSSR count). The lowest BCUT2D eigenvalue weighted by Crippen LogP contribution is -2.28. The quantitative estimate of drug-likeness (QED) is 0.715. The highest BCUT2D eigenvalue weighted by molar-refractivity contribution is 6.10. The van der Waals surface area contributed by atoms with Crippen molar-refractivity contribution in [3.8, 4) is 11.5 Å². The lowest BCUT2D eigenvalue weighted by Gasteiger charge is -2.14. The van der Waals surface area contributed by atoms with Crippen LogP contribution in [0.15, 0.2) is 47.3 Å². The number of carbonyl (C=O) groups is 1. The number of nitrogens with one attached hydrogen (secondary N) is 1. The smallest absolute Gasteiger partial charge is 0.416 e. The normalized spacial score (nSPS) is 11.5. The highest BCUT2D eigenvalue weighted by Crippen LogP contribution is 2.34. The van der Waals surface area contributed by atoms with Crippen molar-refractivity contribution >= 4 is 22.5 Å². The van der Waals surface area contributed by atoms with Crippen molar-refractivity contribution in [3.05, 3.63) is 63.9 Å². The Morgan fingerprint density at radius 2 is 1.79 bits per heavy atom. The molecule has 2 N–H and O–H groups in total. The number of aryl methyl sites for hydroxylation is 1. The summed E-state index contributed by atoms with van der Waals surface area (Å²) in [7, 11) is 2.81. The Balaban J connectivity index is 2.06. The molecule has 0 saturated carbocycles. The molecule has 9 heteroatoms. The van der Waals surface area contributed by atoms with Crippen molar-refractivity contribution in [2.75, 3.05) is 12.4 Å². The first kappa shape index (κ1) is 19.3. The molecule has 0 aliphatic carbocycles. The molecule has 0 aliphatic rings. The molecule has 1 aromatic heterocycles. The third kappa shape index (κ3) is 3.26. The van der Waals surface area contributed by atoms with Gasteiger partial charge in [-0.2, -0.15) is 13.2 Å². The summed E-state index contributed by atoms with van der Waals surface area (Å²) in [5.41, 5.74) is -1.78. The number of alkyl halides is 3. The van der Waals surface area contributed by atoms with Gasteiger partial charge in [-0.05, 0) is 36.4 Å². The van der Waals surface area contributed by atoms with Crippen LogP contribution < -0.4 is 15.6 Å². The maximum atomic E-state index is 12.6. The Hall–Kier alpha value is -3.49. The van der Waals surface area contributed by atoms with E-state index < -0.39 is 34.5 Å². The average Bonchev–Trinajstić information content (AvgIpc) is 2.65. The van der Waals surface area contributed by atoms with E-state index in [1.54, 1.807) is 18.2 Å². The number of fused-ring (bicyclic) bond motifs is 1. The van der Waals surface area contributed by atoms with E-state index in [1.807, 2.05) is 0 Å². The zero-order valence-corrected chi connectivity index (χ0v) is 14.8. The van der Waals surface area contributed by atoms with Gasteiger partial charge in [-0.25, -0.2) is 0 Å². The van der Waals surface area contributed by atoms with Crippen molar-refractivity contribution in [3.63, 3.8) is 0 Å². The maximum absolute atomic E-state index is 12.6. The predicted octanol–water partition coefficient (Wildman–Crippen LogP) is 3.52. The van der Waals surface area contributed by atoms with Gasteiger partial charge in [0.25, 0.3) is 11.5 Å². The van der Waals surface area contributed by atoms with Gasteiger partial charge in [-0.3, -0.25) is 9.59 Å². The molecule has 0 radical (unpaired) electrons. The third-order valence-electron chi connectivity index (χ3n) is 4.27. The summed E-state index contributed by atoms with van der Waals surface area (Å²) in [6, 6.07) is 8.49. The number of ether oxygens (including phenoxy) is 1. The van der Waals surface area contributed by atoms with Gasteiger partial charge in [-0.1, -0.05) is 6.07 Å². The number of carbonyl (C=O) groups excluding carboxylic acids is 1. The number of aromatic hydroxyl groups is 1. The fourth-order valence-corrected chi connectivity index (χ4v) is 2.85. The molecule has 0 unspecified atom stereocenters. The van der Waals surface area contributed by atoms with Crippen LogP contribution in [0, 0.1) is 0 Å². The van der Waals surface area contributed by atoms with E-state index in [9.17, 15) is 27.9 Å². The molecule has 1 heterocycles. The number of pyridine rings is 1. The average molecular weight is 392 g/mol. The summed E-state index contributed by atoms with van der Waals surface area (Å²) in [6.07, 6.45) is -4.51. The zero-order valence-electron chi connectivity index (χ0n) is 14.8. The van der Waals surface area contributed by atoms with E-state index in [0.717, 1.165) is 24.3 Å². The summed E-state index contributed by atoms with van der Waals surface area (Å²) in [4.78, 5) is 25.2. The molecule has 0 aliphatic heterocycles. The monoisotopic (exact) mass is 392 g/mol. The fraction of sp³-hybridized carbons (Fsp3) is 0.158. The van der Waals surface area contributed by atoms with Crippen molar-refractivity contribution in [2.45, 2.75) is 6.18 Å². The molecule has 0 fully saturated rings. The highest BCUT2D eigenvalue weighted by Gasteiger charge is 2.30. The number of hydrogen-bond donors (Lipinski definition) is 2. The number of methoxy groups -OCH3 is 1. The number of halogens is 3. The predicted molar refractivity (Wildman–Crippen MR) is 96.8 cm³/mol. The minimum atomic E-state index is -4.51. The molecule has 2 aromatic carbocycles. The second kappa shape index (κ2) is 6.91. The number of nitrogens with zero attached hydrogens (tertiary/aromatic N) is 1. The summed E-state index contributed by atoms with van der Waals surface area (Å²) in [5, 5.41) is 13.1. The van der Waals surface area contributed by atoms with Crippen LogP contribution in [-0.2, 0) is 13.2 Å². The van der Waals surface area contributed by atoms with Crippen molar-refractivity contribution in [2.24, 2.45) is 7.05 Å². The summed E-state index contributed by atoms with van der Waals surface area (Å²) >= 11 is 0. The number of amides is 1. The molecule has 0 spiro atoms. The largest absolute Gasteiger partial charge is 0.506 e. The Bertz CT molecular complexity index is 1120. The lowest BCUT2D eigenvalue weighted by molar-refractivity contribution is -0.137. The molecular formula is C19H15F3N2O4. The first-order valence-electron chi connectivity index (χ1n) is 8.02. The van der Waals surface area contributed by atoms with Gasteiger partial charge in [0.2, 0.25) is 0 Å². The first-order chi connectivity index (χ1) is 13.1. The van der Waals surface area contributed by atoms with E-state index in [2.05, 4.69) is 5.32 Å². The number of rotatable bonds is 3. The number of aromatic nitrogens is 1. The summed E-state index contributed by atoms with van der Waals surface area (Å²) < 4.78 is 44.3. The topological polar surface area (TPSA) is 80.6 Å². The van der Waals surface area contributed by atoms with Crippen LogP contribution in [0.1, 0.15) is 15.9 Å². The van der Waals surface area contributed by atoms with Gasteiger partial charge >= 0.3 is 6.18 Å². The Morgan fingerprint density at radius 1 is 1.14 bits per heavy atom. The van der Waals surface area contributed by atoms with E-state index in [-0.39, 0.29) is 16.8 Å². The number of anilines is 1. The molecule has 0 atom stereocenters. The highest BCUT2D eigenvalue weighted by atomic mass is 19.4. The van der Waals surface area contributed by atoms with Crippen LogP contribution in [0.2, 0.25) is 0 Å². The van der Waals surface area contributed by atoms with E-state index in [0.29, 0.717) is 5.52 Å². The van der Waals surface area contributed by atoms with Crippen molar-refractivity contribution < 1.29 is 27.8 Å². The zero-order chi connectivity index (χ0) is 20.6. The minimum absolute atomic E-state index is 0.0413. The molecule has 0 saturated heterocycles. The van der Waals surface area contributed by atoms with E-state index in [4.69, 9.17) is 4.74 Å². The molecule has 3 aromatic rings. The van der Waals surface area contributed by atoms with Gasteiger partial charge in [-0.15, -0.1) is 0 Å². The van der Waals surface area contributed by atoms with Crippen LogP contribution in [0.5, 0.6) is 11.5 Å². The third-order valence-corrected chi connectivity index (χ3v) is 4.27. The SMILES string of the molecule is COc1cccc2c1c(O)c(C(=O)Nc1ccc(C(F)(F)F)cc1)c(=O)n2C. The van der Waals surface area contributed by atoms with Gasteiger partial charge < -0.3 is 19.7 Å². The number of hydrogen-bond acceptors (Lipinski definition) is 4. The molecule has 6 nitrogen and oxygen atoms in total. The van der Waals surface area contributed by atoms with Crippen LogP contribution in [0.4, 0.5) is 18.9 Å². The lowest BCUT2D eigenvalue weighted by atomic mass is 10.1. The molecule has 1 amide bonds. The molecule has 146 valence electrons. The molecule has 0 bridgehead atoms. The van der Waals surface area contributed by atoms with Crippen LogP contribution in [0.25, 0.3) is 10.9 Å². The minimum Gasteiger partial charge on any atom is -0.506 e. The fourth-order valence-electron chi connectivity index (χ4n) is 2.85. The standard InChI is InChI=1S/C19H15F3N2O4/c1-24-12-4-3-5-13(28-2)14(12)16(25)15(18(24)27)17(26)23-11-8-6-10(7-9-11)19(20,21)22/h3-9,25H,1-2H3,(H,23,26). The Labute approximate surface area is 156 Å². The van der Waals surface area contributed by atoms with Crippen LogP contribution in [-0.4, -0.2) is 22.7 Å². The van der Waals surface area contributed by atoms with Crippen molar-refractivity contribution in [1.82, 2.24) is 4.57 Å². The Morgan fingerprint density at radius 3 is 2.36 bits per heavy atom. The summed E-state index contributed by atoms with van der Waals surface area (Å²) in [6.45, 7) is 0. The van der Waals surface area contributed by atoms with Gasteiger partial charge in [0.1, 0.15) is 17.1 Å². The van der Waals surface area contributed by atoms with Crippen LogP contribution >= 0.6 is 0 Å². The van der Waals surface area contributed by atoms with E-state index in [1.165, 1.54) is 18.7 Å². The van der Waals surface area contributed by atoms with Gasteiger partial charge in [0.15, 0.2) is 0 Å². The summed E-state index contributed by atoms with van der Waals surface area (Å²) in [5.74, 6) is -1.26. The second-order valence-corrected chi connectivity index (χ2v) is 5.97. The first-order valence-corrected chi connectivity index (χ1v) is 8.02. The van der Waals surface area contributed by atoms with Crippen molar-refractivity contribution in [1.29, 1.82) is 0 Å². The van der Waals surface area contributed by atoms with Crippen LogP contribution in [0.3, 0.4) is 0 Å². The van der Waals surface area contributed by atoms with E-state index >= 15 is 0 Å². The Kier molecular flexibility index (Phi) is 4.76. The number of benzene rings is 2. The van der Waals surface area contributed by atoms with Gasteiger partial charge in [0.05, 0.1) is 23.6 Å². The van der Waals surface area contributed by atoms with Gasteiger partial charge in [0, 0.05) is 12.7 Å². The molecule has 28 heavy (non-hydrogen) atoms. The molecular weight excluding hydrogens is 377 g/mol.